The smallest absolute Gasteiger partial charge is 0.355 e. The van der Waals surface area contributed by atoms with Gasteiger partial charge in [-0.2, -0.15) is 5.10 Å². The van der Waals surface area contributed by atoms with E-state index in [0.717, 1.165) is 4.68 Å². The molecule has 0 saturated heterocycles. The number of aromatic nitrogens is 2. The molecule has 1 heterocycles. The highest BCUT2D eigenvalue weighted by Gasteiger charge is 2.43. The topological polar surface area (TPSA) is 101 Å². The van der Waals surface area contributed by atoms with E-state index in [-0.39, 0.29) is 28.0 Å². The summed E-state index contributed by atoms with van der Waals surface area (Å²) in [4.78, 5) is 11.0. The summed E-state index contributed by atoms with van der Waals surface area (Å²) in [7, 11) is -2.66. The molecule has 1 aromatic carbocycles. The number of aryl methyl sites for hydroxylation is 2. The van der Waals surface area contributed by atoms with Crippen LogP contribution in [0.3, 0.4) is 0 Å². The average molecular weight is 353 g/mol. The first kappa shape index (κ1) is 16.6. The number of nitrogens with one attached hydrogen (secondary N) is 1. The molecule has 2 atom stereocenters. The molecule has 7 nitrogen and oxygen atoms in total. The molecule has 2 N–H and O–H groups in total. The summed E-state index contributed by atoms with van der Waals surface area (Å²) in [5.74, 6) is -1.87. The van der Waals surface area contributed by atoms with E-state index in [0.29, 0.717) is 12.0 Å². The van der Waals surface area contributed by atoms with Gasteiger partial charge >= 0.3 is 5.97 Å². The number of hydrogen-bond donors (Lipinski definition) is 2. The number of aromatic carboxylic acids is 1. The highest BCUT2D eigenvalue weighted by molar-refractivity contribution is 7.89. The number of carboxylic acid groups (broad SMARTS) is 1. The zero-order chi connectivity index (χ0) is 17.6. The second-order valence-electron chi connectivity index (χ2n) is 5.82. The fraction of sp³-hybridized carbons (Fsp3) is 0.333. The largest absolute Gasteiger partial charge is 0.476 e. The Morgan fingerprint density at radius 1 is 1.46 bits per heavy atom. The number of halogens is 1. The minimum absolute atomic E-state index is 0.116. The number of nitrogens with zero attached hydrogens (tertiary/aromatic N) is 2. The zero-order valence-corrected chi connectivity index (χ0v) is 13.8. The van der Waals surface area contributed by atoms with Crippen LogP contribution in [-0.2, 0) is 17.1 Å². The molecule has 0 spiro atoms. The monoisotopic (exact) mass is 353 g/mol. The molecule has 1 aliphatic carbocycles. The molecule has 1 aromatic heterocycles. The summed E-state index contributed by atoms with van der Waals surface area (Å²) in [6.45, 7) is 1.44. The van der Waals surface area contributed by atoms with Gasteiger partial charge in [-0.05, 0) is 31.0 Å². The Hall–Kier alpha value is -2.26. The van der Waals surface area contributed by atoms with Gasteiger partial charge in [-0.3, -0.25) is 4.68 Å². The van der Waals surface area contributed by atoms with Crippen LogP contribution in [0.2, 0.25) is 0 Å². The Kier molecular flexibility index (Phi) is 3.92. The fourth-order valence-electron chi connectivity index (χ4n) is 2.89. The van der Waals surface area contributed by atoms with E-state index in [9.17, 15) is 22.7 Å². The van der Waals surface area contributed by atoms with Crippen molar-refractivity contribution in [3.05, 3.63) is 47.0 Å². The average Bonchev–Trinajstić information content (AvgIpc) is 3.13. The second kappa shape index (κ2) is 5.67. The molecule has 128 valence electrons. The summed E-state index contributed by atoms with van der Waals surface area (Å²) < 4.78 is 42.0. The van der Waals surface area contributed by atoms with Gasteiger partial charge in [0.25, 0.3) is 0 Å². The normalized spacial score (nSPS) is 20.1. The zero-order valence-electron chi connectivity index (χ0n) is 13.0. The third kappa shape index (κ3) is 2.92. The highest BCUT2D eigenvalue weighted by atomic mass is 32.2. The van der Waals surface area contributed by atoms with Crippen molar-refractivity contribution >= 4 is 16.0 Å². The van der Waals surface area contributed by atoms with Crippen LogP contribution in [0.25, 0.3) is 0 Å². The van der Waals surface area contributed by atoms with Gasteiger partial charge in [0.05, 0.1) is 5.69 Å². The molecule has 2 aromatic rings. The van der Waals surface area contributed by atoms with Gasteiger partial charge in [0.2, 0.25) is 10.0 Å². The van der Waals surface area contributed by atoms with Crippen LogP contribution in [0.5, 0.6) is 0 Å². The van der Waals surface area contributed by atoms with Gasteiger partial charge in [-0.1, -0.05) is 12.1 Å². The lowest BCUT2D eigenvalue weighted by Crippen LogP contribution is -2.28. The second-order valence-corrected chi connectivity index (χ2v) is 7.47. The van der Waals surface area contributed by atoms with Gasteiger partial charge < -0.3 is 5.11 Å². The Morgan fingerprint density at radius 2 is 2.17 bits per heavy atom. The highest BCUT2D eigenvalue weighted by Crippen LogP contribution is 2.42. The maximum absolute atomic E-state index is 13.3. The van der Waals surface area contributed by atoms with Crippen molar-refractivity contribution < 1.29 is 22.7 Å². The third-order valence-corrected chi connectivity index (χ3v) is 5.65. The Balaban J connectivity index is 1.85. The first-order valence-electron chi connectivity index (χ1n) is 7.25. The van der Waals surface area contributed by atoms with Gasteiger partial charge in [0.15, 0.2) is 5.69 Å². The standard InChI is InChI=1S/C15H16FN3O4S/c1-8-14(13(15(20)21)19(2)17-8)24(22,23)18-12-7-11(12)9-4-3-5-10(16)6-9/h3-6,11-12,18H,7H2,1-2H3,(H,20,21)/t11-,12+/m0/s1. The number of carbonyl (C=O) groups is 1. The quantitative estimate of drug-likeness (QED) is 0.846. The number of sulfonamides is 1. The van der Waals surface area contributed by atoms with Crippen LogP contribution >= 0.6 is 0 Å². The maximum atomic E-state index is 13.3. The van der Waals surface area contributed by atoms with Gasteiger partial charge in [0, 0.05) is 19.0 Å². The van der Waals surface area contributed by atoms with Crippen molar-refractivity contribution in [2.75, 3.05) is 0 Å². The predicted molar refractivity (Wildman–Crippen MR) is 82.8 cm³/mol. The number of rotatable bonds is 5. The number of hydrogen-bond acceptors (Lipinski definition) is 4. The Bertz CT molecular complexity index is 923. The van der Waals surface area contributed by atoms with Gasteiger partial charge in [0.1, 0.15) is 10.7 Å². The van der Waals surface area contributed by atoms with E-state index in [1.165, 1.54) is 26.1 Å². The minimum Gasteiger partial charge on any atom is -0.476 e. The summed E-state index contributed by atoms with van der Waals surface area (Å²) in [6, 6.07) is 5.61. The van der Waals surface area contributed by atoms with E-state index in [4.69, 9.17) is 0 Å². The lowest BCUT2D eigenvalue weighted by atomic mass is 10.1. The van der Waals surface area contributed by atoms with Crippen molar-refractivity contribution in [1.29, 1.82) is 0 Å². The first-order chi connectivity index (χ1) is 11.2. The van der Waals surface area contributed by atoms with Crippen LogP contribution in [0.15, 0.2) is 29.2 Å². The molecular formula is C15H16FN3O4S. The molecule has 0 radical (unpaired) electrons. The first-order valence-corrected chi connectivity index (χ1v) is 8.73. The third-order valence-electron chi connectivity index (χ3n) is 4.01. The van der Waals surface area contributed by atoms with Crippen molar-refractivity contribution in [3.8, 4) is 0 Å². The van der Waals surface area contributed by atoms with Crippen LogP contribution in [-0.4, -0.2) is 35.3 Å². The van der Waals surface area contributed by atoms with Gasteiger partial charge in [-0.15, -0.1) is 0 Å². The molecule has 1 fully saturated rings. The lowest BCUT2D eigenvalue weighted by Gasteiger charge is -2.07. The van der Waals surface area contributed by atoms with Crippen LogP contribution in [0, 0.1) is 12.7 Å². The molecule has 0 amide bonds. The van der Waals surface area contributed by atoms with Crippen molar-refractivity contribution in [3.63, 3.8) is 0 Å². The Labute approximate surface area is 138 Å². The molecule has 3 rings (SSSR count). The van der Waals surface area contributed by atoms with Crippen molar-refractivity contribution in [2.45, 2.75) is 30.2 Å². The Morgan fingerprint density at radius 3 is 2.79 bits per heavy atom. The molecule has 24 heavy (non-hydrogen) atoms. The van der Waals surface area contributed by atoms with E-state index < -0.39 is 22.0 Å². The molecule has 0 unspecified atom stereocenters. The van der Waals surface area contributed by atoms with E-state index >= 15 is 0 Å². The van der Waals surface area contributed by atoms with Crippen LogP contribution in [0.4, 0.5) is 4.39 Å². The molecule has 0 aliphatic heterocycles. The maximum Gasteiger partial charge on any atom is 0.355 e. The fourth-order valence-corrected chi connectivity index (χ4v) is 4.57. The predicted octanol–water partition coefficient (Wildman–Crippen LogP) is 1.40. The molecule has 1 saturated carbocycles. The molecule has 9 heteroatoms. The SMILES string of the molecule is Cc1nn(C)c(C(=O)O)c1S(=O)(=O)N[C@@H]1C[C@H]1c1cccc(F)c1. The van der Waals surface area contributed by atoms with E-state index in [2.05, 4.69) is 9.82 Å². The molecule has 0 bridgehead atoms. The molecular weight excluding hydrogens is 337 g/mol. The summed E-state index contributed by atoms with van der Waals surface area (Å²) >= 11 is 0. The minimum atomic E-state index is -4.04. The van der Waals surface area contributed by atoms with Crippen molar-refractivity contribution in [2.24, 2.45) is 7.05 Å². The van der Waals surface area contributed by atoms with E-state index in [1.807, 2.05) is 0 Å². The summed E-state index contributed by atoms with van der Waals surface area (Å²) in [5.41, 5.74) is 0.442. The lowest BCUT2D eigenvalue weighted by molar-refractivity contribution is 0.0680. The number of carboxylic acids is 1. The van der Waals surface area contributed by atoms with E-state index in [1.54, 1.807) is 12.1 Å². The van der Waals surface area contributed by atoms with Crippen LogP contribution in [0.1, 0.15) is 34.1 Å². The van der Waals surface area contributed by atoms with Crippen molar-refractivity contribution in [1.82, 2.24) is 14.5 Å². The number of benzene rings is 1. The van der Waals surface area contributed by atoms with Gasteiger partial charge in [-0.25, -0.2) is 22.3 Å². The molecule has 1 aliphatic rings. The summed E-state index contributed by atoms with van der Waals surface area (Å²) in [6.07, 6.45) is 0.532. The van der Waals surface area contributed by atoms with Crippen LogP contribution < -0.4 is 4.72 Å². The summed E-state index contributed by atoms with van der Waals surface area (Å²) in [5, 5.41) is 13.1.